The maximum atomic E-state index is 13.6. The zero-order valence-corrected chi connectivity index (χ0v) is 24.6. The fourth-order valence-corrected chi connectivity index (χ4v) is 4.57. The highest BCUT2D eigenvalue weighted by Crippen LogP contribution is 2.38. The van der Waals surface area contributed by atoms with E-state index < -0.39 is 42.2 Å². The Hall–Kier alpha value is -4.92. The van der Waals surface area contributed by atoms with Crippen LogP contribution in [0.4, 0.5) is 17.6 Å². The molecule has 2 amide bonds. The Kier molecular flexibility index (Phi) is 8.99. The van der Waals surface area contributed by atoms with Crippen molar-refractivity contribution in [2.24, 2.45) is 5.92 Å². The lowest BCUT2D eigenvalue weighted by Gasteiger charge is -2.27. The van der Waals surface area contributed by atoms with Crippen LogP contribution in [-0.4, -0.2) is 42.7 Å². The number of alkyl halides is 3. The van der Waals surface area contributed by atoms with E-state index in [4.69, 9.17) is 9.15 Å². The summed E-state index contributed by atoms with van der Waals surface area (Å²) in [6.45, 7) is 5.14. The number of benzene rings is 2. The number of fused-ring (bicyclic) bond motifs is 1. The molecule has 2 N–H and O–H groups in total. The molecule has 0 aliphatic rings. The highest BCUT2D eigenvalue weighted by Gasteiger charge is 2.32. The zero-order chi connectivity index (χ0) is 32.4. The molecule has 1 atom stereocenters. The first kappa shape index (κ1) is 32.0. The van der Waals surface area contributed by atoms with E-state index in [-0.39, 0.29) is 50.9 Å². The number of nitrogens with zero attached hydrogens (tertiary/aromatic N) is 2. The van der Waals surface area contributed by atoms with E-state index in [2.05, 4.69) is 21.7 Å². The molecule has 0 fully saturated rings. The molecule has 0 saturated heterocycles. The topological polar surface area (TPSA) is 117 Å². The van der Waals surface area contributed by atoms with Gasteiger partial charge in [-0.15, -0.1) is 0 Å². The highest BCUT2D eigenvalue weighted by atomic mass is 19.4. The van der Waals surface area contributed by atoms with Crippen LogP contribution in [0.25, 0.3) is 33.6 Å². The molecule has 2 aromatic heterocycles. The minimum Gasteiger partial charge on any atom is -0.496 e. The van der Waals surface area contributed by atoms with Crippen molar-refractivity contribution in [2.75, 3.05) is 14.2 Å². The van der Waals surface area contributed by atoms with Crippen LogP contribution in [0, 0.1) is 23.1 Å². The van der Waals surface area contributed by atoms with E-state index in [9.17, 15) is 32.4 Å². The van der Waals surface area contributed by atoms with Gasteiger partial charge < -0.3 is 19.8 Å². The Morgan fingerprint density at radius 3 is 2.30 bits per heavy atom. The molecule has 0 aliphatic carbocycles. The molecule has 2 aromatic carbocycles. The Labute approximate surface area is 251 Å². The molecular weight excluding hydrogens is 580 g/mol. The summed E-state index contributed by atoms with van der Waals surface area (Å²) in [6.07, 6.45) is -6.21. The van der Waals surface area contributed by atoms with E-state index in [1.807, 2.05) is 0 Å². The highest BCUT2D eigenvalue weighted by molar-refractivity contribution is 6.11. The van der Waals surface area contributed by atoms with Crippen LogP contribution in [0.3, 0.4) is 0 Å². The molecular formula is C32H30F4N4O4. The van der Waals surface area contributed by atoms with E-state index in [0.717, 1.165) is 0 Å². The monoisotopic (exact) mass is 610 g/mol. The second-order valence-electron chi connectivity index (χ2n) is 10.7. The van der Waals surface area contributed by atoms with E-state index in [1.165, 1.54) is 56.6 Å². The predicted octanol–water partition coefficient (Wildman–Crippen LogP) is 6.83. The molecule has 2 heterocycles. The van der Waals surface area contributed by atoms with Gasteiger partial charge in [-0.3, -0.25) is 9.59 Å². The number of pyridine rings is 1. The second-order valence-corrected chi connectivity index (χ2v) is 10.7. The van der Waals surface area contributed by atoms with Gasteiger partial charge >= 0.3 is 6.18 Å². The van der Waals surface area contributed by atoms with Gasteiger partial charge in [-0.05, 0) is 67.3 Å². The summed E-state index contributed by atoms with van der Waals surface area (Å²) in [5.41, 5.74) is -0.295. The number of aryl methyl sites for hydroxylation is 1. The number of furan rings is 1. The van der Waals surface area contributed by atoms with Crippen molar-refractivity contribution in [1.29, 1.82) is 5.26 Å². The Balaban J connectivity index is 1.96. The number of aromatic nitrogens is 1. The number of halogens is 4. The molecule has 0 saturated carbocycles. The summed E-state index contributed by atoms with van der Waals surface area (Å²) in [6, 6.07) is 13.3. The second kappa shape index (κ2) is 12.4. The first-order valence-corrected chi connectivity index (χ1v) is 13.6. The van der Waals surface area contributed by atoms with Gasteiger partial charge in [0.05, 0.1) is 35.4 Å². The van der Waals surface area contributed by atoms with Gasteiger partial charge in [-0.1, -0.05) is 19.9 Å². The number of nitrogens with one attached hydrogen (secondary N) is 2. The van der Waals surface area contributed by atoms with Gasteiger partial charge in [-0.25, -0.2) is 9.37 Å². The van der Waals surface area contributed by atoms with Crippen molar-refractivity contribution in [2.45, 2.75) is 45.3 Å². The quantitative estimate of drug-likeness (QED) is 0.201. The van der Waals surface area contributed by atoms with Crippen LogP contribution < -0.4 is 15.4 Å². The molecule has 230 valence electrons. The predicted molar refractivity (Wildman–Crippen MR) is 155 cm³/mol. The van der Waals surface area contributed by atoms with Gasteiger partial charge in [0.25, 0.3) is 11.8 Å². The molecule has 8 nitrogen and oxygen atoms in total. The number of amides is 2. The average molecular weight is 611 g/mol. The van der Waals surface area contributed by atoms with Crippen molar-refractivity contribution in [1.82, 2.24) is 15.6 Å². The van der Waals surface area contributed by atoms with Gasteiger partial charge in [0.1, 0.15) is 22.9 Å². The van der Waals surface area contributed by atoms with Crippen molar-refractivity contribution >= 4 is 22.9 Å². The third kappa shape index (κ3) is 6.51. The van der Waals surface area contributed by atoms with Gasteiger partial charge in [0.2, 0.25) is 5.71 Å². The van der Waals surface area contributed by atoms with Crippen molar-refractivity contribution in [3.8, 4) is 34.3 Å². The first-order valence-electron chi connectivity index (χ1n) is 13.6. The van der Waals surface area contributed by atoms with Gasteiger partial charge in [0, 0.05) is 24.6 Å². The average Bonchev–Trinajstić information content (AvgIpc) is 3.36. The molecule has 4 aromatic rings. The minimum absolute atomic E-state index is 0.0123. The van der Waals surface area contributed by atoms with Crippen LogP contribution in [-0.2, 0) is 6.42 Å². The molecule has 0 spiro atoms. The van der Waals surface area contributed by atoms with Crippen molar-refractivity contribution in [3.63, 3.8) is 0 Å². The maximum Gasteiger partial charge on any atom is 0.389 e. The molecule has 0 aliphatic heterocycles. The lowest BCUT2D eigenvalue weighted by atomic mass is 9.89. The fraction of sp³-hybridized carbons (Fsp3) is 0.312. The SMILES string of the molecule is CNC(=O)c1c(-c2ccc(F)cc2)oc2nc(CCC(F)(F)F)c(-c3ccc(OC)c(C(=O)NC(C)(C#N)C(C)C)c3)cc12. The smallest absolute Gasteiger partial charge is 0.389 e. The molecule has 44 heavy (non-hydrogen) atoms. The molecule has 1 unspecified atom stereocenters. The number of methoxy groups -OCH3 is 1. The summed E-state index contributed by atoms with van der Waals surface area (Å²) < 4.78 is 65.0. The lowest BCUT2D eigenvalue weighted by molar-refractivity contribution is -0.134. The van der Waals surface area contributed by atoms with Crippen LogP contribution in [0.2, 0.25) is 0 Å². The number of rotatable bonds is 9. The number of hydrogen-bond acceptors (Lipinski definition) is 6. The van der Waals surface area contributed by atoms with Gasteiger partial charge in [-0.2, -0.15) is 18.4 Å². The third-order valence-electron chi connectivity index (χ3n) is 7.48. The number of carbonyl (C=O) groups excluding carboxylic acids is 2. The van der Waals surface area contributed by atoms with Crippen LogP contribution in [0.5, 0.6) is 5.75 Å². The molecule has 0 bridgehead atoms. The van der Waals surface area contributed by atoms with E-state index in [0.29, 0.717) is 11.1 Å². The van der Waals surface area contributed by atoms with Crippen molar-refractivity contribution < 1.29 is 36.3 Å². The summed E-state index contributed by atoms with van der Waals surface area (Å²) in [4.78, 5) is 30.9. The van der Waals surface area contributed by atoms with Crippen molar-refractivity contribution in [3.05, 3.63) is 71.2 Å². The molecule has 4 rings (SSSR count). The lowest BCUT2D eigenvalue weighted by Crippen LogP contribution is -2.48. The summed E-state index contributed by atoms with van der Waals surface area (Å²) >= 11 is 0. The van der Waals surface area contributed by atoms with Gasteiger partial charge in [0.15, 0.2) is 0 Å². The van der Waals surface area contributed by atoms with Crippen LogP contribution in [0.15, 0.2) is 52.9 Å². The van der Waals surface area contributed by atoms with Crippen LogP contribution in [0.1, 0.15) is 53.6 Å². The zero-order valence-electron chi connectivity index (χ0n) is 24.6. The Morgan fingerprint density at radius 1 is 1.07 bits per heavy atom. The van der Waals surface area contributed by atoms with E-state index >= 15 is 0 Å². The number of hydrogen-bond donors (Lipinski definition) is 2. The maximum absolute atomic E-state index is 13.6. The summed E-state index contributed by atoms with van der Waals surface area (Å²) in [5.74, 6) is -1.70. The number of carbonyl (C=O) groups is 2. The third-order valence-corrected chi connectivity index (χ3v) is 7.48. The summed E-state index contributed by atoms with van der Waals surface area (Å²) in [5, 5.41) is 15.2. The largest absolute Gasteiger partial charge is 0.496 e. The minimum atomic E-state index is -4.49. The number of ether oxygens (including phenoxy) is 1. The number of nitriles is 1. The first-order chi connectivity index (χ1) is 20.7. The normalized spacial score (nSPS) is 12.9. The standard InChI is InChI=1S/C32H30F4N4O4/c1-17(2)31(3,16-37)40-28(41)22-14-19(8-11-25(22)43-5)21-15-23-26(29(42)38-4)27(18-6-9-20(33)10-7-18)44-30(23)39-24(21)12-13-32(34,35)36/h6-11,14-15,17H,12-13H2,1-5H3,(H,38,42)(H,40,41). The Bertz CT molecular complexity index is 1760. The molecule has 12 heteroatoms. The van der Waals surface area contributed by atoms with Crippen LogP contribution >= 0.6 is 0 Å². The Morgan fingerprint density at radius 2 is 1.73 bits per heavy atom. The fourth-order valence-electron chi connectivity index (χ4n) is 4.57. The summed E-state index contributed by atoms with van der Waals surface area (Å²) in [7, 11) is 2.76. The van der Waals surface area contributed by atoms with E-state index in [1.54, 1.807) is 26.8 Å². The molecule has 0 radical (unpaired) electrons.